The van der Waals surface area contributed by atoms with Crippen LogP contribution in [0, 0.1) is 15.2 Å². The van der Waals surface area contributed by atoms with Gasteiger partial charge in [-0.25, -0.2) is 8.78 Å². The van der Waals surface area contributed by atoms with Gasteiger partial charge in [0.2, 0.25) is 11.8 Å². The van der Waals surface area contributed by atoms with Crippen LogP contribution in [-0.2, 0) is 16.0 Å². The van der Waals surface area contributed by atoms with Crippen LogP contribution in [0.1, 0.15) is 30.5 Å². The first-order valence-electron chi connectivity index (χ1n) is 8.16. The predicted molar refractivity (Wildman–Crippen MR) is 103 cm³/mol. The SMILES string of the molecule is CC(=O)N1CCc2ccccc2C1CC(=O)Nc1cc(F)c(I)c(F)c1. The minimum Gasteiger partial charge on any atom is -0.335 e. The molecule has 1 atom stereocenters. The molecular weight excluding hydrogens is 453 g/mol. The summed E-state index contributed by atoms with van der Waals surface area (Å²) in [4.78, 5) is 26.1. The van der Waals surface area contributed by atoms with Crippen molar-refractivity contribution in [2.75, 3.05) is 11.9 Å². The zero-order valence-corrected chi connectivity index (χ0v) is 16.2. The largest absolute Gasteiger partial charge is 0.335 e. The number of hydrogen-bond acceptors (Lipinski definition) is 2. The van der Waals surface area contributed by atoms with Crippen molar-refractivity contribution >= 4 is 40.1 Å². The molecule has 0 aliphatic carbocycles. The van der Waals surface area contributed by atoms with E-state index in [4.69, 9.17) is 0 Å². The minimum atomic E-state index is -0.728. The van der Waals surface area contributed by atoms with Crippen molar-refractivity contribution in [3.05, 3.63) is 62.7 Å². The molecule has 0 fully saturated rings. The fourth-order valence-corrected chi connectivity index (χ4v) is 3.58. The summed E-state index contributed by atoms with van der Waals surface area (Å²) in [6, 6.07) is 9.47. The molecule has 2 amide bonds. The summed E-state index contributed by atoms with van der Waals surface area (Å²) >= 11 is 1.57. The number of amides is 2. The Labute approximate surface area is 163 Å². The van der Waals surface area contributed by atoms with Crippen LogP contribution in [0.25, 0.3) is 0 Å². The highest BCUT2D eigenvalue weighted by Gasteiger charge is 2.30. The Morgan fingerprint density at radius 2 is 1.88 bits per heavy atom. The molecule has 0 radical (unpaired) electrons. The van der Waals surface area contributed by atoms with E-state index in [0.717, 1.165) is 29.7 Å². The summed E-state index contributed by atoms with van der Waals surface area (Å²) in [5.74, 6) is -1.97. The number of anilines is 1. The Hall–Kier alpha value is -2.03. The molecule has 136 valence electrons. The smallest absolute Gasteiger partial charge is 0.226 e. The molecule has 26 heavy (non-hydrogen) atoms. The standard InChI is InChI=1S/C19H17F2IN2O2/c1-11(25)24-7-6-12-4-2-3-5-14(12)17(24)10-18(26)23-13-8-15(20)19(22)16(21)9-13/h2-5,8-9,17H,6-7,10H2,1H3,(H,23,26). The second kappa shape index (κ2) is 7.69. The number of halogens is 3. The summed E-state index contributed by atoms with van der Waals surface area (Å²) in [7, 11) is 0. The highest BCUT2D eigenvalue weighted by Crippen LogP contribution is 2.32. The van der Waals surface area contributed by atoms with Gasteiger partial charge < -0.3 is 10.2 Å². The number of carbonyl (C=O) groups excluding carboxylic acids is 2. The molecule has 0 spiro atoms. The van der Waals surface area contributed by atoms with Crippen LogP contribution in [0.5, 0.6) is 0 Å². The summed E-state index contributed by atoms with van der Waals surface area (Å²) in [5.41, 5.74) is 2.10. The number of nitrogens with zero attached hydrogens (tertiary/aromatic N) is 1. The predicted octanol–water partition coefficient (Wildman–Crippen LogP) is 4.04. The van der Waals surface area contributed by atoms with Gasteiger partial charge in [-0.15, -0.1) is 0 Å². The summed E-state index contributed by atoms with van der Waals surface area (Å²) in [5, 5.41) is 2.53. The number of carbonyl (C=O) groups is 2. The molecule has 1 aliphatic heterocycles. The van der Waals surface area contributed by atoms with Gasteiger partial charge in [0.25, 0.3) is 0 Å². The van der Waals surface area contributed by atoms with Crippen LogP contribution in [0.4, 0.5) is 14.5 Å². The van der Waals surface area contributed by atoms with Crippen molar-refractivity contribution in [3.63, 3.8) is 0 Å². The Bertz CT molecular complexity index is 849. The molecule has 1 aliphatic rings. The topological polar surface area (TPSA) is 49.4 Å². The van der Waals surface area contributed by atoms with Crippen molar-refractivity contribution in [2.45, 2.75) is 25.8 Å². The zero-order chi connectivity index (χ0) is 18.8. The highest BCUT2D eigenvalue weighted by molar-refractivity contribution is 14.1. The summed E-state index contributed by atoms with van der Waals surface area (Å²) in [6.45, 7) is 2.01. The average molecular weight is 470 g/mol. The van der Waals surface area contributed by atoms with E-state index in [-0.39, 0.29) is 21.6 Å². The molecule has 1 heterocycles. The third-order valence-electron chi connectivity index (χ3n) is 4.46. The second-order valence-corrected chi connectivity index (χ2v) is 7.26. The number of fused-ring (bicyclic) bond motifs is 1. The maximum atomic E-state index is 13.7. The van der Waals surface area contributed by atoms with Gasteiger partial charge in [0.15, 0.2) is 0 Å². The molecular formula is C19H17F2IN2O2. The van der Waals surface area contributed by atoms with E-state index in [1.165, 1.54) is 6.92 Å². The lowest BCUT2D eigenvalue weighted by molar-refractivity contribution is -0.132. The van der Waals surface area contributed by atoms with Gasteiger partial charge in [-0.05, 0) is 52.3 Å². The molecule has 0 bridgehead atoms. The first kappa shape index (κ1) is 18.8. The lowest BCUT2D eigenvalue weighted by Crippen LogP contribution is -2.40. The van der Waals surface area contributed by atoms with E-state index in [0.29, 0.717) is 6.54 Å². The van der Waals surface area contributed by atoms with Gasteiger partial charge in [-0.3, -0.25) is 9.59 Å². The van der Waals surface area contributed by atoms with Crippen molar-refractivity contribution in [2.24, 2.45) is 0 Å². The van der Waals surface area contributed by atoms with Gasteiger partial charge in [0.1, 0.15) is 11.6 Å². The lowest BCUT2D eigenvalue weighted by atomic mass is 9.90. The number of nitrogens with one attached hydrogen (secondary N) is 1. The summed E-state index contributed by atoms with van der Waals surface area (Å²) in [6.07, 6.45) is 0.757. The maximum Gasteiger partial charge on any atom is 0.226 e. The third kappa shape index (κ3) is 3.87. The van der Waals surface area contributed by atoms with Crippen molar-refractivity contribution in [1.82, 2.24) is 4.90 Å². The number of hydrogen-bond donors (Lipinski definition) is 1. The molecule has 0 saturated carbocycles. The first-order chi connectivity index (χ1) is 12.4. The molecule has 0 aromatic heterocycles. The normalized spacial score (nSPS) is 16.2. The molecule has 7 heteroatoms. The Kier molecular flexibility index (Phi) is 5.55. The molecule has 2 aromatic rings. The quantitative estimate of drug-likeness (QED) is 0.544. The van der Waals surface area contributed by atoms with Crippen LogP contribution < -0.4 is 5.32 Å². The molecule has 2 aromatic carbocycles. The van der Waals surface area contributed by atoms with Gasteiger partial charge in [0, 0.05) is 19.2 Å². The van der Waals surface area contributed by atoms with Crippen LogP contribution in [0.15, 0.2) is 36.4 Å². The van der Waals surface area contributed by atoms with Gasteiger partial charge in [-0.1, -0.05) is 24.3 Å². The molecule has 1 unspecified atom stereocenters. The van der Waals surface area contributed by atoms with Crippen molar-refractivity contribution in [3.8, 4) is 0 Å². The maximum absolute atomic E-state index is 13.7. The summed E-state index contributed by atoms with van der Waals surface area (Å²) < 4.78 is 27.2. The Morgan fingerprint density at radius 1 is 1.23 bits per heavy atom. The second-order valence-electron chi connectivity index (χ2n) is 6.18. The Balaban J connectivity index is 1.82. The third-order valence-corrected chi connectivity index (χ3v) is 5.49. The molecule has 3 rings (SSSR count). The van der Waals surface area contributed by atoms with Crippen LogP contribution in [0.2, 0.25) is 0 Å². The first-order valence-corrected chi connectivity index (χ1v) is 9.24. The van der Waals surface area contributed by atoms with Crippen molar-refractivity contribution < 1.29 is 18.4 Å². The van der Waals surface area contributed by atoms with Gasteiger partial charge in [-0.2, -0.15) is 0 Å². The molecule has 4 nitrogen and oxygen atoms in total. The Morgan fingerprint density at radius 3 is 2.54 bits per heavy atom. The fraction of sp³-hybridized carbons (Fsp3) is 0.263. The van der Waals surface area contributed by atoms with Crippen LogP contribution in [0.3, 0.4) is 0 Å². The number of rotatable bonds is 3. The lowest BCUT2D eigenvalue weighted by Gasteiger charge is -2.36. The zero-order valence-electron chi connectivity index (χ0n) is 14.1. The van der Waals surface area contributed by atoms with Crippen molar-refractivity contribution in [1.29, 1.82) is 0 Å². The van der Waals surface area contributed by atoms with E-state index in [1.807, 2.05) is 24.3 Å². The van der Waals surface area contributed by atoms with E-state index < -0.39 is 23.6 Å². The van der Waals surface area contributed by atoms with E-state index >= 15 is 0 Å². The number of benzene rings is 2. The minimum absolute atomic E-state index is 0.0197. The van der Waals surface area contributed by atoms with E-state index in [1.54, 1.807) is 27.5 Å². The monoisotopic (exact) mass is 470 g/mol. The molecule has 0 saturated heterocycles. The van der Waals surface area contributed by atoms with E-state index in [2.05, 4.69) is 5.32 Å². The van der Waals surface area contributed by atoms with Crippen LogP contribution >= 0.6 is 22.6 Å². The fourth-order valence-electron chi connectivity index (χ4n) is 3.26. The van der Waals surface area contributed by atoms with Gasteiger partial charge in [0.05, 0.1) is 16.0 Å². The van der Waals surface area contributed by atoms with Crippen LogP contribution in [-0.4, -0.2) is 23.3 Å². The highest BCUT2D eigenvalue weighted by atomic mass is 127. The molecule has 1 N–H and O–H groups in total. The van der Waals surface area contributed by atoms with E-state index in [9.17, 15) is 18.4 Å². The van der Waals surface area contributed by atoms with Gasteiger partial charge >= 0.3 is 0 Å². The average Bonchev–Trinajstić information content (AvgIpc) is 2.59.